The molecule has 20 heavy (non-hydrogen) atoms. The zero-order chi connectivity index (χ0) is 14.1. The van der Waals surface area contributed by atoms with Crippen molar-refractivity contribution in [1.82, 2.24) is 15.1 Å². The Labute approximate surface area is 126 Å². The summed E-state index contributed by atoms with van der Waals surface area (Å²) in [6.45, 7) is 0.540. The fourth-order valence-corrected chi connectivity index (χ4v) is 3.15. The van der Waals surface area contributed by atoms with Crippen LogP contribution in [-0.2, 0) is 20.0 Å². The van der Waals surface area contributed by atoms with Crippen molar-refractivity contribution in [3.63, 3.8) is 0 Å². The number of halogens is 2. The molecule has 1 aromatic carbocycles. The van der Waals surface area contributed by atoms with Gasteiger partial charge in [0.2, 0.25) is 0 Å². The minimum absolute atomic E-state index is 0.172. The number of hydrogen-bond donors (Lipinski definition) is 1. The predicted octanol–water partition coefficient (Wildman–Crippen LogP) is 3.49. The van der Waals surface area contributed by atoms with Crippen molar-refractivity contribution in [3.05, 3.63) is 51.5 Å². The molecule has 2 aromatic rings. The average Bonchev–Trinajstić information content (AvgIpc) is 2.80. The molecule has 0 radical (unpaired) electrons. The number of rotatable bonds is 3. The Hall–Kier alpha value is -1.20. The highest BCUT2D eigenvalue weighted by molar-refractivity contribution is 9.10. The van der Waals surface area contributed by atoms with Gasteiger partial charge in [0.15, 0.2) is 0 Å². The molecule has 0 spiro atoms. The van der Waals surface area contributed by atoms with E-state index in [2.05, 4.69) is 26.3 Å². The number of aryl methyl sites for hydroxylation is 1. The van der Waals surface area contributed by atoms with Gasteiger partial charge < -0.3 is 5.32 Å². The number of nitrogens with one attached hydrogen (secondary N) is 1. The van der Waals surface area contributed by atoms with Gasteiger partial charge in [0, 0.05) is 40.9 Å². The van der Waals surface area contributed by atoms with Gasteiger partial charge in [-0.25, -0.2) is 4.39 Å². The minimum atomic E-state index is -0.172. The van der Waals surface area contributed by atoms with Crippen molar-refractivity contribution >= 4 is 15.9 Å². The van der Waals surface area contributed by atoms with Crippen molar-refractivity contribution in [3.8, 4) is 0 Å². The zero-order valence-corrected chi connectivity index (χ0v) is 13.0. The molecule has 0 saturated heterocycles. The summed E-state index contributed by atoms with van der Waals surface area (Å²) >= 11 is 3.28. The first kappa shape index (κ1) is 13.8. The summed E-state index contributed by atoms with van der Waals surface area (Å²) in [4.78, 5) is 0. The Morgan fingerprint density at radius 3 is 3.15 bits per heavy atom. The molecule has 1 N–H and O–H groups in total. The van der Waals surface area contributed by atoms with E-state index in [1.165, 1.54) is 17.3 Å². The fourth-order valence-electron chi connectivity index (χ4n) is 2.82. The molecule has 1 aliphatic rings. The van der Waals surface area contributed by atoms with Crippen LogP contribution >= 0.6 is 15.9 Å². The quantitative estimate of drug-likeness (QED) is 0.929. The molecule has 106 valence electrons. The van der Waals surface area contributed by atoms with Gasteiger partial charge in [0.05, 0.1) is 6.20 Å². The van der Waals surface area contributed by atoms with Crippen LogP contribution in [0.1, 0.15) is 35.7 Å². The lowest BCUT2D eigenvalue weighted by atomic mass is 9.93. The second kappa shape index (κ2) is 5.66. The molecule has 0 fully saturated rings. The standard InChI is InChI=1S/C15H17BrFN3/c1-20-15-4-2-3-14(12(15)9-19-20)18-8-10-5-6-11(16)7-13(10)17/h5-7,9,14,18H,2-4,8H2,1H3. The van der Waals surface area contributed by atoms with Gasteiger partial charge in [0.1, 0.15) is 5.82 Å². The van der Waals surface area contributed by atoms with Crippen LogP contribution in [0.3, 0.4) is 0 Å². The maximum absolute atomic E-state index is 13.8. The third-order valence-electron chi connectivity index (χ3n) is 3.93. The van der Waals surface area contributed by atoms with Crippen molar-refractivity contribution in [1.29, 1.82) is 0 Å². The number of fused-ring (bicyclic) bond motifs is 1. The highest BCUT2D eigenvalue weighted by atomic mass is 79.9. The van der Waals surface area contributed by atoms with Crippen LogP contribution in [0.4, 0.5) is 4.39 Å². The maximum atomic E-state index is 13.8. The maximum Gasteiger partial charge on any atom is 0.128 e. The monoisotopic (exact) mass is 337 g/mol. The summed E-state index contributed by atoms with van der Waals surface area (Å²) in [6, 6.07) is 5.47. The molecule has 0 aliphatic heterocycles. The molecular weight excluding hydrogens is 321 g/mol. The number of nitrogens with zero attached hydrogens (tertiary/aromatic N) is 2. The van der Waals surface area contributed by atoms with E-state index in [0.29, 0.717) is 12.1 Å². The summed E-state index contributed by atoms with van der Waals surface area (Å²) in [7, 11) is 1.98. The molecule has 3 rings (SSSR count). The van der Waals surface area contributed by atoms with Crippen LogP contribution in [0.15, 0.2) is 28.9 Å². The van der Waals surface area contributed by atoms with E-state index < -0.39 is 0 Å². The lowest BCUT2D eigenvalue weighted by Gasteiger charge is -2.24. The molecular formula is C15H17BrFN3. The minimum Gasteiger partial charge on any atom is -0.306 e. The van der Waals surface area contributed by atoms with Crippen LogP contribution in [0, 0.1) is 5.82 Å². The van der Waals surface area contributed by atoms with Crippen LogP contribution in [0.2, 0.25) is 0 Å². The summed E-state index contributed by atoms with van der Waals surface area (Å²) < 4.78 is 16.5. The second-order valence-electron chi connectivity index (χ2n) is 5.23. The first-order chi connectivity index (χ1) is 9.65. The lowest BCUT2D eigenvalue weighted by Crippen LogP contribution is -2.25. The first-order valence-electron chi connectivity index (χ1n) is 6.83. The molecule has 0 saturated carbocycles. The molecule has 0 amide bonds. The summed E-state index contributed by atoms with van der Waals surface area (Å²) in [5.74, 6) is -0.172. The Kier molecular flexibility index (Phi) is 3.89. The van der Waals surface area contributed by atoms with Crippen LogP contribution < -0.4 is 5.32 Å². The molecule has 1 heterocycles. The van der Waals surface area contributed by atoms with Crippen molar-refractivity contribution < 1.29 is 4.39 Å². The van der Waals surface area contributed by atoms with Gasteiger partial charge in [-0.05, 0) is 31.4 Å². The molecule has 5 heteroatoms. The van der Waals surface area contributed by atoms with Crippen molar-refractivity contribution in [2.75, 3.05) is 0 Å². The molecule has 1 aliphatic carbocycles. The van der Waals surface area contributed by atoms with E-state index in [1.807, 2.05) is 30.1 Å². The second-order valence-corrected chi connectivity index (χ2v) is 6.15. The van der Waals surface area contributed by atoms with Gasteiger partial charge in [-0.2, -0.15) is 5.10 Å². The number of hydrogen-bond acceptors (Lipinski definition) is 2. The molecule has 1 aromatic heterocycles. The summed E-state index contributed by atoms with van der Waals surface area (Å²) in [6.07, 6.45) is 5.24. The van der Waals surface area contributed by atoms with E-state index in [9.17, 15) is 4.39 Å². The van der Waals surface area contributed by atoms with E-state index in [4.69, 9.17) is 0 Å². The van der Waals surface area contributed by atoms with Crippen LogP contribution in [0.5, 0.6) is 0 Å². The molecule has 3 nitrogen and oxygen atoms in total. The highest BCUT2D eigenvalue weighted by Gasteiger charge is 2.23. The SMILES string of the molecule is Cn1ncc2c1CCCC2NCc1ccc(Br)cc1F. The molecule has 1 atom stereocenters. The highest BCUT2D eigenvalue weighted by Crippen LogP contribution is 2.29. The lowest BCUT2D eigenvalue weighted by molar-refractivity contribution is 0.446. The van der Waals surface area contributed by atoms with Gasteiger partial charge in [-0.15, -0.1) is 0 Å². The molecule has 0 bridgehead atoms. The summed E-state index contributed by atoms with van der Waals surface area (Å²) in [5, 5.41) is 7.79. The zero-order valence-electron chi connectivity index (χ0n) is 11.4. The van der Waals surface area contributed by atoms with Gasteiger partial charge >= 0.3 is 0 Å². The Bertz CT molecular complexity index is 624. The predicted molar refractivity (Wildman–Crippen MR) is 79.8 cm³/mol. The van der Waals surface area contributed by atoms with Gasteiger partial charge in [-0.1, -0.05) is 22.0 Å². The van der Waals surface area contributed by atoms with Crippen molar-refractivity contribution in [2.45, 2.75) is 31.8 Å². The molecule has 1 unspecified atom stereocenters. The topological polar surface area (TPSA) is 29.9 Å². The number of benzene rings is 1. The Balaban J connectivity index is 1.73. The normalized spacial score (nSPS) is 18.1. The Morgan fingerprint density at radius 1 is 1.50 bits per heavy atom. The average molecular weight is 338 g/mol. The third kappa shape index (κ3) is 2.65. The van der Waals surface area contributed by atoms with Crippen LogP contribution in [-0.4, -0.2) is 9.78 Å². The van der Waals surface area contributed by atoms with Crippen LogP contribution in [0.25, 0.3) is 0 Å². The van der Waals surface area contributed by atoms with E-state index in [-0.39, 0.29) is 11.9 Å². The fraction of sp³-hybridized carbons (Fsp3) is 0.400. The van der Waals surface area contributed by atoms with E-state index in [1.54, 1.807) is 0 Å². The largest absolute Gasteiger partial charge is 0.306 e. The third-order valence-corrected chi connectivity index (χ3v) is 4.42. The summed E-state index contributed by atoms with van der Waals surface area (Å²) in [5.41, 5.74) is 3.26. The van der Waals surface area contributed by atoms with Gasteiger partial charge in [-0.3, -0.25) is 4.68 Å². The van der Waals surface area contributed by atoms with E-state index in [0.717, 1.165) is 23.7 Å². The smallest absolute Gasteiger partial charge is 0.128 e. The van der Waals surface area contributed by atoms with Gasteiger partial charge in [0.25, 0.3) is 0 Å². The number of aromatic nitrogens is 2. The van der Waals surface area contributed by atoms with Crippen molar-refractivity contribution in [2.24, 2.45) is 7.05 Å². The first-order valence-corrected chi connectivity index (χ1v) is 7.62. The Morgan fingerprint density at radius 2 is 2.35 bits per heavy atom. The van der Waals surface area contributed by atoms with E-state index >= 15 is 0 Å².